The lowest BCUT2D eigenvalue weighted by atomic mass is 9.93. The van der Waals surface area contributed by atoms with E-state index in [2.05, 4.69) is 0 Å². The van der Waals surface area contributed by atoms with Crippen LogP contribution in [0.15, 0.2) is 0 Å². The largest absolute Gasteiger partial charge is 0.330 e. The Morgan fingerprint density at radius 1 is 1.56 bits per heavy atom. The van der Waals surface area contributed by atoms with E-state index in [-0.39, 0.29) is 11.7 Å². The Kier molecular flexibility index (Phi) is 3.47. The second-order valence-electron chi connectivity index (χ2n) is 2.70. The number of Topliss-reactive ketones (excluding diaryl/α,β-unsaturated/α-hetero) is 1. The SMILES string of the molecule is CC(=O)C(CN)C(C)C. The lowest BCUT2D eigenvalue weighted by Crippen LogP contribution is -2.26. The highest BCUT2D eigenvalue weighted by atomic mass is 16.1. The van der Waals surface area contributed by atoms with Crippen molar-refractivity contribution in [3.8, 4) is 0 Å². The summed E-state index contributed by atoms with van der Waals surface area (Å²) in [5.74, 6) is 0.644. The third-order valence-corrected chi connectivity index (χ3v) is 1.58. The van der Waals surface area contributed by atoms with Gasteiger partial charge in [-0.25, -0.2) is 0 Å². The molecule has 2 nitrogen and oxygen atoms in total. The molecular weight excluding hydrogens is 114 g/mol. The first-order valence-electron chi connectivity index (χ1n) is 3.30. The predicted molar refractivity (Wildman–Crippen MR) is 38.1 cm³/mol. The van der Waals surface area contributed by atoms with Gasteiger partial charge in [0.2, 0.25) is 0 Å². The molecule has 1 atom stereocenters. The number of ketones is 1. The number of hydrogen-bond donors (Lipinski definition) is 1. The van der Waals surface area contributed by atoms with Gasteiger partial charge in [-0.05, 0) is 12.8 Å². The van der Waals surface area contributed by atoms with Crippen LogP contribution in [-0.2, 0) is 4.79 Å². The fraction of sp³-hybridized carbons (Fsp3) is 0.857. The molecule has 9 heavy (non-hydrogen) atoms. The lowest BCUT2D eigenvalue weighted by molar-refractivity contribution is -0.121. The van der Waals surface area contributed by atoms with Gasteiger partial charge >= 0.3 is 0 Å². The van der Waals surface area contributed by atoms with Crippen molar-refractivity contribution in [3.63, 3.8) is 0 Å². The smallest absolute Gasteiger partial charge is 0.134 e. The van der Waals surface area contributed by atoms with E-state index in [1.165, 1.54) is 0 Å². The average molecular weight is 129 g/mol. The molecule has 0 saturated carbocycles. The molecule has 54 valence electrons. The summed E-state index contributed by atoms with van der Waals surface area (Å²) in [7, 11) is 0. The standard InChI is InChI=1S/C7H15NO/c1-5(2)7(4-8)6(3)9/h5,7H,4,8H2,1-3H3. The van der Waals surface area contributed by atoms with Gasteiger partial charge in [0.25, 0.3) is 0 Å². The van der Waals surface area contributed by atoms with Crippen molar-refractivity contribution < 1.29 is 4.79 Å². The molecule has 1 unspecified atom stereocenters. The van der Waals surface area contributed by atoms with Gasteiger partial charge in [0.15, 0.2) is 0 Å². The van der Waals surface area contributed by atoms with Crippen molar-refractivity contribution in [1.29, 1.82) is 0 Å². The Morgan fingerprint density at radius 2 is 2.00 bits per heavy atom. The van der Waals surface area contributed by atoms with Crippen molar-refractivity contribution in [1.82, 2.24) is 0 Å². The van der Waals surface area contributed by atoms with Gasteiger partial charge in [0.1, 0.15) is 5.78 Å². The molecule has 0 heterocycles. The number of hydrogen-bond acceptors (Lipinski definition) is 2. The van der Waals surface area contributed by atoms with Gasteiger partial charge in [-0.2, -0.15) is 0 Å². The molecule has 0 bridgehead atoms. The molecular formula is C7H15NO. The normalized spacial score (nSPS) is 13.9. The summed E-state index contributed by atoms with van der Waals surface area (Å²) in [6.45, 7) is 6.10. The minimum atomic E-state index is 0.0602. The summed E-state index contributed by atoms with van der Waals surface area (Å²) in [6, 6.07) is 0. The van der Waals surface area contributed by atoms with Gasteiger partial charge in [0.05, 0.1) is 0 Å². The fourth-order valence-electron chi connectivity index (χ4n) is 0.908. The molecule has 0 aromatic heterocycles. The molecule has 0 aromatic rings. The van der Waals surface area contributed by atoms with Crippen molar-refractivity contribution in [2.24, 2.45) is 17.6 Å². The van der Waals surface area contributed by atoms with E-state index < -0.39 is 0 Å². The van der Waals surface area contributed by atoms with Crippen molar-refractivity contribution in [3.05, 3.63) is 0 Å². The highest BCUT2D eigenvalue weighted by molar-refractivity contribution is 5.78. The Balaban J connectivity index is 3.83. The number of rotatable bonds is 3. The summed E-state index contributed by atoms with van der Waals surface area (Å²) in [5.41, 5.74) is 5.35. The first kappa shape index (κ1) is 8.63. The molecule has 0 aliphatic rings. The average Bonchev–Trinajstić information content (AvgIpc) is 1.64. The van der Waals surface area contributed by atoms with Crippen LogP contribution < -0.4 is 5.73 Å². The summed E-state index contributed by atoms with van der Waals surface area (Å²) in [6.07, 6.45) is 0. The molecule has 0 radical (unpaired) electrons. The molecule has 2 N–H and O–H groups in total. The number of carbonyl (C=O) groups excluding carboxylic acids is 1. The second-order valence-corrected chi connectivity index (χ2v) is 2.70. The maximum absolute atomic E-state index is 10.7. The summed E-state index contributed by atoms with van der Waals surface area (Å²) < 4.78 is 0. The molecule has 0 amide bonds. The van der Waals surface area contributed by atoms with E-state index in [9.17, 15) is 4.79 Å². The van der Waals surface area contributed by atoms with Crippen LogP contribution in [0.3, 0.4) is 0 Å². The van der Waals surface area contributed by atoms with E-state index in [1.54, 1.807) is 6.92 Å². The van der Waals surface area contributed by atoms with E-state index >= 15 is 0 Å². The molecule has 0 fully saturated rings. The lowest BCUT2D eigenvalue weighted by Gasteiger charge is -2.13. The van der Waals surface area contributed by atoms with Gasteiger partial charge in [-0.15, -0.1) is 0 Å². The first-order valence-corrected chi connectivity index (χ1v) is 3.30. The molecule has 0 aromatic carbocycles. The Labute approximate surface area is 56.4 Å². The molecule has 0 saturated heterocycles. The van der Waals surface area contributed by atoms with Crippen molar-refractivity contribution in [2.45, 2.75) is 20.8 Å². The Bertz CT molecular complexity index is 99.1. The van der Waals surface area contributed by atoms with Crippen molar-refractivity contribution >= 4 is 5.78 Å². The van der Waals surface area contributed by atoms with E-state index in [0.29, 0.717) is 12.5 Å². The fourth-order valence-corrected chi connectivity index (χ4v) is 0.908. The van der Waals surface area contributed by atoms with Crippen molar-refractivity contribution in [2.75, 3.05) is 6.54 Å². The summed E-state index contributed by atoms with van der Waals surface area (Å²) in [5, 5.41) is 0. The Hall–Kier alpha value is -0.370. The maximum atomic E-state index is 10.7. The van der Waals surface area contributed by atoms with Crippen LogP contribution in [0.5, 0.6) is 0 Å². The topological polar surface area (TPSA) is 43.1 Å². The predicted octanol–water partition coefficient (Wildman–Crippen LogP) is 0.806. The van der Waals surface area contributed by atoms with Gasteiger partial charge in [-0.1, -0.05) is 13.8 Å². The maximum Gasteiger partial charge on any atom is 0.134 e. The van der Waals surface area contributed by atoms with E-state index in [1.807, 2.05) is 13.8 Å². The molecule has 2 heteroatoms. The minimum Gasteiger partial charge on any atom is -0.330 e. The van der Waals surface area contributed by atoms with Crippen LogP contribution in [0.4, 0.5) is 0 Å². The van der Waals surface area contributed by atoms with E-state index in [4.69, 9.17) is 5.73 Å². The summed E-state index contributed by atoms with van der Waals surface area (Å²) >= 11 is 0. The number of nitrogens with two attached hydrogens (primary N) is 1. The van der Waals surface area contributed by atoms with Crippen LogP contribution in [0.1, 0.15) is 20.8 Å². The molecule has 0 aliphatic heterocycles. The number of carbonyl (C=O) groups is 1. The highest BCUT2D eigenvalue weighted by Crippen LogP contribution is 2.08. The first-order chi connectivity index (χ1) is 4.09. The molecule has 0 spiro atoms. The zero-order chi connectivity index (χ0) is 7.44. The van der Waals surface area contributed by atoms with E-state index in [0.717, 1.165) is 0 Å². The third kappa shape index (κ3) is 2.61. The van der Waals surface area contributed by atoms with Gasteiger partial charge < -0.3 is 5.73 Å². The monoisotopic (exact) mass is 129 g/mol. The zero-order valence-electron chi connectivity index (χ0n) is 6.35. The zero-order valence-corrected chi connectivity index (χ0v) is 6.35. The van der Waals surface area contributed by atoms with Crippen LogP contribution in [0.25, 0.3) is 0 Å². The third-order valence-electron chi connectivity index (χ3n) is 1.58. The molecule has 0 rings (SSSR count). The van der Waals surface area contributed by atoms with Crippen LogP contribution >= 0.6 is 0 Å². The highest BCUT2D eigenvalue weighted by Gasteiger charge is 2.15. The van der Waals surface area contributed by atoms with Crippen LogP contribution in [-0.4, -0.2) is 12.3 Å². The van der Waals surface area contributed by atoms with Crippen LogP contribution in [0.2, 0.25) is 0 Å². The minimum absolute atomic E-state index is 0.0602. The second kappa shape index (κ2) is 3.62. The quantitative estimate of drug-likeness (QED) is 0.612. The van der Waals surface area contributed by atoms with Gasteiger partial charge in [-0.3, -0.25) is 4.79 Å². The van der Waals surface area contributed by atoms with Gasteiger partial charge in [0, 0.05) is 12.5 Å². The van der Waals surface area contributed by atoms with Crippen LogP contribution in [0, 0.1) is 11.8 Å². The summed E-state index contributed by atoms with van der Waals surface area (Å²) in [4.78, 5) is 10.7. The molecule has 0 aliphatic carbocycles. The Morgan fingerprint density at radius 3 is 2.00 bits per heavy atom.